The number of rotatable bonds is 4. The van der Waals surface area contributed by atoms with Crippen LogP contribution in [0.2, 0.25) is 0 Å². The highest BCUT2D eigenvalue weighted by Crippen LogP contribution is 2.21. The maximum Gasteiger partial charge on any atom is 0.238 e. The molecule has 5 nitrogen and oxygen atoms in total. The molecule has 0 aliphatic carbocycles. The van der Waals surface area contributed by atoms with Gasteiger partial charge >= 0.3 is 0 Å². The third-order valence-electron chi connectivity index (χ3n) is 2.45. The van der Waals surface area contributed by atoms with E-state index in [1.165, 1.54) is 33.2 Å². The summed E-state index contributed by atoms with van der Waals surface area (Å²) >= 11 is 0. The molecule has 1 amide bonds. The summed E-state index contributed by atoms with van der Waals surface area (Å²) in [6.07, 6.45) is 0. The van der Waals surface area contributed by atoms with Crippen LogP contribution in [0.15, 0.2) is 29.2 Å². The van der Waals surface area contributed by atoms with Gasteiger partial charge in [0, 0.05) is 7.05 Å². The lowest BCUT2D eigenvalue weighted by molar-refractivity contribution is -0.119. The van der Waals surface area contributed by atoms with Crippen molar-refractivity contribution in [3.8, 4) is 5.75 Å². The van der Waals surface area contributed by atoms with Gasteiger partial charge in [0.05, 0.1) is 12.0 Å². The summed E-state index contributed by atoms with van der Waals surface area (Å²) in [6.45, 7) is 1.35. The highest BCUT2D eigenvalue weighted by Gasteiger charge is 2.29. The van der Waals surface area contributed by atoms with Gasteiger partial charge in [-0.05, 0) is 25.1 Å². The Balaban J connectivity index is 3.17. The van der Waals surface area contributed by atoms with E-state index in [1.807, 2.05) is 0 Å². The van der Waals surface area contributed by atoms with Crippen molar-refractivity contribution in [2.45, 2.75) is 17.1 Å². The molecule has 17 heavy (non-hydrogen) atoms. The van der Waals surface area contributed by atoms with Crippen molar-refractivity contribution in [3.05, 3.63) is 24.3 Å². The zero-order valence-electron chi connectivity index (χ0n) is 9.93. The Morgan fingerprint density at radius 1 is 1.41 bits per heavy atom. The molecule has 0 unspecified atom stereocenters. The predicted octanol–water partition coefficient (Wildman–Crippen LogP) is 0.603. The Bertz CT molecular complexity index is 510. The summed E-state index contributed by atoms with van der Waals surface area (Å²) in [4.78, 5) is 11.4. The fraction of sp³-hybridized carbons (Fsp3) is 0.364. The smallest absolute Gasteiger partial charge is 0.238 e. The Morgan fingerprint density at radius 3 is 2.59 bits per heavy atom. The second-order valence-electron chi connectivity index (χ2n) is 3.48. The lowest BCUT2D eigenvalue weighted by atomic mass is 10.3. The van der Waals surface area contributed by atoms with Crippen LogP contribution in [-0.4, -0.2) is 33.7 Å². The summed E-state index contributed by atoms with van der Waals surface area (Å²) in [5, 5.41) is 1.19. The van der Waals surface area contributed by atoms with E-state index >= 15 is 0 Å². The van der Waals surface area contributed by atoms with Gasteiger partial charge in [-0.3, -0.25) is 4.79 Å². The quantitative estimate of drug-likeness (QED) is 0.857. The second kappa shape index (κ2) is 5.18. The minimum atomic E-state index is -3.67. The van der Waals surface area contributed by atoms with E-state index < -0.39 is 21.0 Å². The van der Waals surface area contributed by atoms with Gasteiger partial charge in [-0.1, -0.05) is 6.07 Å². The van der Waals surface area contributed by atoms with Crippen molar-refractivity contribution in [2.24, 2.45) is 0 Å². The van der Waals surface area contributed by atoms with Crippen LogP contribution in [0, 0.1) is 0 Å². The van der Waals surface area contributed by atoms with Crippen LogP contribution < -0.4 is 10.1 Å². The molecule has 1 atom stereocenters. The molecule has 0 aliphatic rings. The number of carbonyl (C=O) groups excluding carboxylic acids is 1. The largest absolute Gasteiger partial charge is 0.497 e. The van der Waals surface area contributed by atoms with E-state index in [4.69, 9.17) is 4.74 Å². The minimum absolute atomic E-state index is 0.0768. The third-order valence-corrected chi connectivity index (χ3v) is 4.51. The SMILES string of the molecule is CNC(=O)[C@@H](C)S(=O)(=O)c1cccc(OC)c1. The molecule has 0 radical (unpaired) electrons. The van der Waals surface area contributed by atoms with Gasteiger partial charge in [0.25, 0.3) is 0 Å². The molecule has 0 aliphatic heterocycles. The first-order valence-electron chi connectivity index (χ1n) is 5.03. The Morgan fingerprint density at radius 2 is 2.06 bits per heavy atom. The number of nitrogens with one attached hydrogen (secondary N) is 1. The molecule has 0 aromatic heterocycles. The molecule has 1 aromatic carbocycles. The van der Waals surface area contributed by atoms with Crippen molar-refractivity contribution >= 4 is 15.7 Å². The summed E-state index contributed by atoms with van der Waals surface area (Å²) in [6, 6.07) is 6.05. The molecule has 1 N–H and O–H groups in total. The molecule has 6 heteroatoms. The first-order chi connectivity index (χ1) is 7.93. The first-order valence-corrected chi connectivity index (χ1v) is 6.57. The maximum atomic E-state index is 12.1. The van der Waals surface area contributed by atoms with Gasteiger partial charge in [0.15, 0.2) is 9.84 Å². The highest BCUT2D eigenvalue weighted by molar-refractivity contribution is 7.92. The summed E-state index contributed by atoms with van der Waals surface area (Å²) < 4.78 is 29.1. The van der Waals surface area contributed by atoms with Crippen molar-refractivity contribution in [3.63, 3.8) is 0 Å². The van der Waals surface area contributed by atoms with Gasteiger partial charge in [-0.25, -0.2) is 8.42 Å². The Labute approximate surface area is 101 Å². The lowest BCUT2D eigenvalue weighted by Gasteiger charge is -2.12. The van der Waals surface area contributed by atoms with Crippen LogP contribution in [0.4, 0.5) is 0 Å². The first kappa shape index (κ1) is 13.5. The number of amides is 1. The van der Waals surface area contributed by atoms with E-state index in [0.29, 0.717) is 5.75 Å². The van der Waals surface area contributed by atoms with Gasteiger partial charge in [-0.2, -0.15) is 0 Å². The van der Waals surface area contributed by atoms with Crippen LogP contribution in [0.5, 0.6) is 5.75 Å². The average molecular weight is 257 g/mol. The van der Waals surface area contributed by atoms with Crippen molar-refractivity contribution < 1.29 is 17.9 Å². The number of carbonyl (C=O) groups is 1. The summed E-state index contributed by atoms with van der Waals surface area (Å²) in [7, 11) is -0.820. The minimum Gasteiger partial charge on any atom is -0.497 e. The van der Waals surface area contributed by atoms with Crippen molar-refractivity contribution in [1.82, 2.24) is 5.32 Å². The van der Waals surface area contributed by atoms with E-state index in [0.717, 1.165) is 0 Å². The third kappa shape index (κ3) is 2.76. The molecular weight excluding hydrogens is 242 g/mol. The number of sulfone groups is 1. The van der Waals surface area contributed by atoms with E-state index in [1.54, 1.807) is 12.1 Å². The molecule has 0 fully saturated rings. The number of benzene rings is 1. The number of hydrogen-bond acceptors (Lipinski definition) is 4. The number of ether oxygens (including phenoxy) is 1. The molecular formula is C11H15NO4S. The molecule has 94 valence electrons. The molecule has 0 saturated carbocycles. The topological polar surface area (TPSA) is 72.5 Å². The van der Waals surface area contributed by atoms with E-state index in [-0.39, 0.29) is 4.90 Å². The Hall–Kier alpha value is -1.56. The van der Waals surface area contributed by atoms with Gasteiger partial charge in [0.1, 0.15) is 11.0 Å². The van der Waals surface area contributed by atoms with Crippen LogP contribution in [0.25, 0.3) is 0 Å². The maximum absolute atomic E-state index is 12.1. The second-order valence-corrected chi connectivity index (χ2v) is 5.75. The van der Waals surface area contributed by atoms with Gasteiger partial charge in [-0.15, -0.1) is 0 Å². The summed E-state index contributed by atoms with van der Waals surface area (Å²) in [5.74, 6) is -0.0944. The lowest BCUT2D eigenvalue weighted by Crippen LogP contribution is -2.35. The normalized spacial score (nSPS) is 12.9. The fourth-order valence-electron chi connectivity index (χ4n) is 1.33. The molecule has 0 saturated heterocycles. The predicted molar refractivity (Wildman–Crippen MR) is 63.7 cm³/mol. The van der Waals surface area contributed by atoms with E-state index in [2.05, 4.69) is 5.32 Å². The van der Waals surface area contributed by atoms with Crippen LogP contribution in [-0.2, 0) is 14.6 Å². The zero-order chi connectivity index (χ0) is 13.1. The van der Waals surface area contributed by atoms with Crippen molar-refractivity contribution in [1.29, 1.82) is 0 Å². The fourth-order valence-corrected chi connectivity index (χ4v) is 2.68. The average Bonchev–Trinajstić information content (AvgIpc) is 2.36. The zero-order valence-corrected chi connectivity index (χ0v) is 10.7. The Kier molecular flexibility index (Phi) is 4.11. The van der Waals surface area contributed by atoms with Gasteiger partial charge in [0.2, 0.25) is 5.91 Å². The molecule has 0 spiro atoms. The standard InChI is InChI=1S/C11H15NO4S/c1-8(11(13)12-2)17(14,15)10-6-4-5-9(7-10)16-3/h4-8H,1-3H3,(H,12,13)/t8-/m1/s1. The number of methoxy groups -OCH3 is 1. The molecule has 1 aromatic rings. The number of hydrogen-bond donors (Lipinski definition) is 1. The van der Waals surface area contributed by atoms with E-state index in [9.17, 15) is 13.2 Å². The van der Waals surface area contributed by atoms with Crippen LogP contribution in [0.3, 0.4) is 0 Å². The van der Waals surface area contributed by atoms with Gasteiger partial charge < -0.3 is 10.1 Å². The van der Waals surface area contributed by atoms with Crippen LogP contribution in [0.1, 0.15) is 6.92 Å². The molecule has 1 rings (SSSR count). The monoisotopic (exact) mass is 257 g/mol. The summed E-state index contributed by atoms with van der Waals surface area (Å²) in [5.41, 5.74) is 0. The van der Waals surface area contributed by atoms with Crippen LogP contribution >= 0.6 is 0 Å². The highest BCUT2D eigenvalue weighted by atomic mass is 32.2. The van der Waals surface area contributed by atoms with Crippen molar-refractivity contribution in [2.75, 3.05) is 14.2 Å². The molecule has 0 bridgehead atoms. The molecule has 0 heterocycles.